The van der Waals surface area contributed by atoms with Gasteiger partial charge in [-0.05, 0) is 19.8 Å². The molecular formula is C13H25NO2. The second kappa shape index (κ2) is 7.42. The summed E-state index contributed by atoms with van der Waals surface area (Å²) in [6.07, 6.45) is 3.93. The standard InChI is InChI=1S/C11H19NO2.C2H6/c1-8(13)9-6-4-5-7-10(9)11(14)12(2)3;1-2/h9-10H,4-7H2,1-3H3;1-2H3. The van der Waals surface area contributed by atoms with Gasteiger partial charge in [0.15, 0.2) is 0 Å². The maximum Gasteiger partial charge on any atom is 0.225 e. The fraction of sp³-hybridized carbons (Fsp3) is 0.846. The van der Waals surface area contributed by atoms with E-state index in [1.807, 2.05) is 13.8 Å². The molecule has 3 heteroatoms. The lowest BCUT2D eigenvalue weighted by molar-refractivity contribution is -0.140. The molecular weight excluding hydrogens is 202 g/mol. The highest BCUT2D eigenvalue weighted by molar-refractivity contribution is 5.87. The second-order valence-electron chi connectivity index (χ2n) is 4.34. The first-order chi connectivity index (χ1) is 7.54. The molecule has 1 saturated carbocycles. The van der Waals surface area contributed by atoms with Crippen LogP contribution in [0.4, 0.5) is 0 Å². The van der Waals surface area contributed by atoms with E-state index < -0.39 is 0 Å². The van der Waals surface area contributed by atoms with Crippen molar-refractivity contribution in [1.82, 2.24) is 4.90 Å². The van der Waals surface area contributed by atoms with Gasteiger partial charge in [-0.1, -0.05) is 26.7 Å². The zero-order valence-corrected chi connectivity index (χ0v) is 11.2. The zero-order chi connectivity index (χ0) is 12.7. The molecule has 0 spiro atoms. The van der Waals surface area contributed by atoms with Crippen LogP contribution in [0.3, 0.4) is 0 Å². The van der Waals surface area contributed by atoms with Gasteiger partial charge in [0.05, 0.1) is 0 Å². The summed E-state index contributed by atoms with van der Waals surface area (Å²) in [6.45, 7) is 5.60. The van der Waals surface area contributed by atoms with Gasteiger partial charge in [0.1, 0.15) is 5.78 Å². The molecule has 0 aromatic rings. The summed E-state index contributed by atoms with van der Waals surface area (Å²) in [4.78, 5) is 24.8. The second-order valence-corrected chi connectivity index (χ2v) is 4.34. The number of carbonyl (C=O) groups is 2. The van der Waals surface area contributed by atoms with Crippen LogP contribution in [0.1, 0.15) is 46.5 Å². The Labute approximate surface area is 99.2 Å². The first kappa shape index (κ1) is 15.1. The van der Waals surface area contributed by atoms with Gasteiger partial charge in [0, 0.05) is 25.9 Å². The predicted molar refractivity (Wildman–Crippen MR) is 66.2 cm³/mol. The van der Waals surface area contributed by atoms with Crippen molar-refractivity contribution in [2.24, 2.45) is 11.8 Å². The molecule has 0 saturated heterocycles. The molecule has 94 valence electrons. The average Bonchev–Trinajstić information content (AvgIpc) is 2.30. The lowest BCUT2D eigenvalue weighted by Gasteiger charge is -2.30. The summed E-state index contributed by atoms with van der Waals surface area (Å²) in [5, 5.41) is 0. The van der Waals surface area contributed by atoms with Crippen molar-refractivity contribution in [1.29, 1.82) is 0 Å². The van der Waals surface area contributed by atoms with Gasteiger partial charge < -0.3 is 4.90 Å². The first-order valence-corrected chi connectivity index (χ1v) is 6.25. The smallest absolute Gasteiger partial charge is 0.225 e. The summed E-state index contributed by atoms with van der Waals surface area (Å²) in [7, 11) is 3.52. The van der Waals surface area contributed by atoms with E-state index in [2.05, 4.69) is 0 Å². The molecule has 2 unspecified atom stereocenters. The minimum Gasteiger partial charge on any atom is -0.349 e. The molecule has 2 atom stereocenters. The number of hydrogen-bond donors (Lipinski definition) is 0. The van der Waals surface area contributed by atoms with Crippen LogP contribution in [0.25, 0.3) is 0 Å². The van der Waals surface area contributed by atoms with Gasteiger partial charge in [-0.3, -0.25) is 9.59 Å². The Morgan fingerprint density at radius 1 is 1.00 bits per heavy atom. The lowest BCUT2D eigenvalue weighted by atomic mass is 9.76. The summed E-state index contributed by atoms with van der Waals surface area (Å²) < 4.78 is 0. The third-order valence-corrected chi connectivity index (χ3v) is 3.05. The maximum atomic E-state index is 11.8. The van der Waals surface area contributed by atoms with Crippen molar-refractivity contribution in [3.8, 4) is 0 Å². The number of amides is 1. The number of hydrogen-bond acceptors (Lipinski definition) is 2. The van der Waals surface area contributed by atoms with Gasteiger partial charge in [-0.15, -0.1) is 0 Å². The highest BCUT2D eigenvalue weighted by Gasteiger charge is 2.34. The van der Waals surface area contributed by atoms with Crippen LogP contribution in [0.2, 0.25) is 0 Å². The molecule has 0 N–H and O–H groups in total. The number of ketones is 1. The van der Waals surface area contributed by atoms with Gasteiger partial charge in [0.2, 0.25) is 5.91 Å². The first-order valence-electron chi connectivity index (χ1n) is 6.25. The number of rotatable bonds is 2. The molecule has 0 aromatic carbocycles. The van der Waals surface area contributed by atoms with Crippen molar-refractivity contribution in [2.75, 3.05) is 14.1 Å². The molecule has 0 heterocycles. The summed E-state index contributed by atoms with van der Waals surface area (Å²) >= 11 is 0. The molecule has 3 nitrogen and oxygen atoms in total. The Kier molecular flexibility index (Phi) is 7.02. The van der Waals surface area contributed by atoms with Crippen molar-refractivity contribution >= 4 is 11.7 Å². The van der Waals surface area contributed by atoms with Gasteiger partial charge in [0.25, 0.3) is 0 Å². The number of carbonyl (C=O) groups excluding carboxylic acids is 2. The summed E-state index contributed by atoms with van der Waals surface area (Å²) in [5.74, 6) is 0.199. The maximum absolute atomic E-state index is 11.8. The van der Waals surface area contributed by atoms with E-state index in [9.17, 15) is 9.59 Å². The van der Waals surface area contributed by atoms with Crippen LogP contribution in [-0.2, 0) is 9.59 Å². The van der Waals surface area contributed by atoms with E-state index in [1.165, 1.54) is 0 Å². The van der Waals surface area contributed by atoms with Crippen molar-refractivity contribution in [3.63, 3.8) is 0 Å². The molecule has 1 rings (SSSR count). The van der Waals surface area contributed by atoms with Gasteiger partial charge >= 0.3 is 0 Å². The largest absolute Gasteiger partial charge is 0.349 e. The Morgan fingerprint density at radius 2 is 1.44 bits per heavy atom. The van der Waals surface area contributed by atoms with Gasteiger partial charge in [-0.2, -0.15) is 0 Å². The summed E-state index contributed by atoms with van der Waals surface area (Å²) in [6, 6.07) is 0. The Bertz CT molecular complexity index is 236. The van der Waals surface area contributed by atoms with Crippen LogP contribution in [0, 0.1) is 11.8 Å². The van der Waals surface area contributed by atoms with E-state index in [1.54, 1.807) is 25.9 Å². The molecule has 0 aromatic heterocycles. The van der Waals surface area contributed by atoms with Crippen LogP contribution in [0.15, 0.2) is 0 Å². The van der Waals surface area contributed by atoms with Crippen LogP contribution in [0.5, 0.6) is 0 Å². The molecule has 0 bridgehead atoms. The molecule has 1 fully saturated rings. The van der Waals surface area contributed by atoms with Crippen molar-refractivity contribution in [3.05, 3.63) is 0 Å². The third kappa shape index (κ3) is 3.95. The highest BCUT2D eigenvalue weighted by Crippen LogP contribution is 2.31. The topological polar surface area (TPSA) is 37.4 Å². The predicted octanol–water partition coefficient (Wildman–Crippen LogP) is 2.50. The third-order valence-electron chi connectivity index (χ3n) is 3.05. The monoisotopic (exact) mass is 227 g/mol. The molecule has 0 aliphatic heterocycles. The molecule has 1 aliphatic carbocycles. The number of Topliss-reactive ketones (excluding diaryl/α,β-unsaturated/α-hetero) is 1. The van der Waals surface area contributed by atoms with Crippen LogP contribution in [-0.4, -0.2) is 30.7 Å². The van der Waals surface area contributed by atoms with Gasteiger partial charge in [-0.25, -0.2) is 0 Å². The normalized spacial score (nSPS) is 24.1. The molecule has 1 amide bonds. The Balaban J connectivity index is 0.00000106. The molecule has 16 heavy (non-hydrogen) atoms. The van der Waals surface area contributed by atoms with E-state index in [0.29, 0.717) is 0 Å². The lowest BCUT2D eigenvalue weighted by Crippen LogP contribution is -2.38. The SMILES string of the molecule is CC.CC(=O)C1CCCCC1C(=O)N(C)C. The zero-order valence-electron chi connectivity index (χ0n) is 11.2. The fourth-order valence-electron chi connectivity index (χ4n) is 2.24. The highest BCUT2D eigenvalue weighted by atomic mass is 16.2. The quantitative estimate of drug-likeness (QED) is 0.727. The fourth-order valence-corrected chi connectivity index (χ4v) is 2.24. The minimum absolute atomic E-state index is 0.0290. The van der Waals surface area contributed by atoms with Crippen molar-refractivity contribution in [2.45, 2.75) is 46.5 Å². The summed E-state index contributed by atoms with van der Waals surface area (Å²) in [5.41, 5.74) is 0. The van der Waals surface area contributed by atoms with E-state index in [4.69, 9.17) is 0 Å². The van der Waals surface area contributed by atoms with E-state index in [0.717, 1.165) is 25.7 Å². The number of nitrogens with zero attached hydrogens (tertiary/aromatic N) is 1. The Hall–Kier alpha value is -0.860. The average molecular weight is 227 g/mol. The Morgan fingerprint density at radius 3 is 1.81 bits per heavy atom. The van der Waals surface area contributed by atoms with Crippen LogP contribution >= 0.6 is 0 Å². The molecule has 0 radical (unpaired) electrons. The molecule has 1 aliphatic rings. The van der Waals surface area contributed by atoms with E-state index in [-0.39, 0.29) is 23.5 Å². The van der Waals surface area contributed by atoms with Crippen molar-refractivity contribution < 1.29 is 9.59 Å². The van der Waals surface area contributed by atoms with Crippen LogP contribution < -0.4 is 0 Å². The minimum atomic E-state index is -0.0590. The van der Waals surface area contributed by atoms with E-state index >= 15 is 0 Å².